The zero-order valence-corrected chi connectivity index (χ0v) is 17.1. The molecule has 1 saturated heterocycles. The highest BCUT2D eigenvalue weighted by atomic mass is 35.5. The molecule has 0 bridgehead atoms. The van der Waals surface area contributed by atoms with Gasteiger partial charge in [-0.15, -0.1) is 0 Å². The van der Waals surface area contributed by atoms with Gasteiger partial charge in [0.25, 0.3) is 11.8 Å². The quantitative estimate of drug-likeness (QED) is 0.446. The summed E-state index contributed by atoms with van der Waals surface area (Å²) in [6, 6.07) is 14.2. The molecule has 1 aliphatic rings. The van der Waals surface area contributed by atoms with Gasteiger partial charge in [-0.3, -0.25) is 14.9 Å². The number of imide groups is 2. The molecule has 4 rings (SSSR count). The maximum absolute atomic E-state index is 12.9. The molecule has 6 nitrogen and oxygen atoms in total. The number of hydrogen-bond donors (Lipinski definition) is 1. The van der Waals surface area contributed by atoms with Crippen molar-refractivity contribution in [1.29, 1.82) is 0 Å². The van der Waals surface area contributed by atoms with E-state index in [1.54, 1.807) is 54.6 Å². The van der Waals surface area contributed by atoms with Crippen LogP contribution in [0.4, 0.5) is 10.5 Å². The fourth-order valence-electron chi connectivity index (χ4n) is 2.99. The van der Waals surface area contributed by atoms with E-state index in [4.69, 9.17) is 27.6 Å². The third-order valence-electron chi connectivity index (χ3n) is 4.50. The highest BCUT2D eigenvalue weighted by Crippen LogP contribution is 2.32. The minimum Gasteiger partial charge on any atom is -0.457 e. The van der Waals surface area contributed by atoms with Crippen molar-refractivity contribution in [2.45, 2.75) is 6.92 Å². The van der Waals surface area contributed by atoms with Gasteiger partial charge >= 0.3 is 6.03 Å². The van der Waals surface area contributed by atoms with Crippen molar-refractivity contribution in [1.82, 2.24) is 5.32 Å². The predicted octanol–water partition coefficient (Wildman–Crippen LogP) is 5.23. The van der Waals surface area contributed by atoms with E-state index in [-0.39, 0.29) is 11.3 Å². The molecule has 8 heteroatoms. The van der Waals surface area contributed by atoms with Crippen LogP contribution in [0.15, 0.2) is 64.6 Å². The first-order chi connectivity index (χ1) is 14.3. The van der Waals surface area contributed by atoms with Crippen LogP contribution in [0.1, 0.15) is 11.3 Å². The number of rotatable bonds is 3. The molecule has 1 fully saturated rings. The second-order valence-corrected chi connectivity index (χ2v) is 7.46. The summed E-state index contributed by atoms with van der Waals surface area (Å²) in [6.45, 7) is 1.89. The predicted molar refractivity (Wildman–Crippen MR) is 114 cm³/mol. The van der Waals surface area contributed by atoms with Gasteiger partial charge in [0.05, 0.1) is 10.7 Å². The number of furan rings is 1. The highest BCUT2D eigenvalue weighted by Gasteiger charge is 2.37. The van der Waals surface area contributed by atoms with Crippen molar-refractivity contribution in [2.24, 2.45) is 0 Å². The third-order valence-corrected chi connectivity index (χ3v) is 5.05. The maximum Gasteiger partial charge on any atom is 0.335 e. The Morgan fingerprint density at radius 3 is 2.40 bits per heavy atom. The number of carbonyl (C=O) groups excluding carboxylic acids is 3. The van der Waals surface area contributed by atoms with Gasteiger partial charge in [-0.2, -0.15) is 0 Å². The smallest absolute Gasteiger partial charge is 0.335 e. The standard InChI is InChI=1S/C22H14Cl2N2O4/c1-12-2-5-14(6-3-12)26-21(28)17(20(27)25-22(26)29)11-15-7-9-19(30-15)16-8-4-13(23)10-18(16)24/h2-11H,1H3,(H,25,27,29)/b17-11+. The van der Waals surface area contributed by atoms with E-state index < -0.39 is 17.8 Å². The number of halogens is 2. The Labute approximate surface area is 181 Å². The average molecular weight is 441 g/mol. The van der Waals surface area contributed by atoms with Crippen LogP contribution in [0.25, 0.3) is 17.4 Å². The molecule has 0 spiro atoms. The van der Waals surface area contributed by atoms with Crippen LogP contribution in [0.3, 0.4) is 0 Å². The number of anilines is 1. The number of nitrogens with one attached hydrogen (secondary N) is 1. The number of benzene rings is 2. The maximum atomic E-state index is 12.9. The lowest BCUT2D eigenvalue weighted by Crippen LogP contribution is -2.54. The number of nitrogens with zero attached hydrogens (tertiary/aromatic N) is 1. The molecule has 0 radical (unpaired) electrons. The van der Waals surface area contributed by atoms with Gasteiger partial charge in [-0.25, -0.2) is 9.69 Å². The van der Waals surface area contributed by atoms with Crippen molar-refractivity contribution >= 4 is 52.8 Å². The minimum atomic E-state index is -0.806. The largest absolute Gasteiger partial charge is 0.457 e. The first kappa shape index (κ1) is 19.9. The summed E-state index contributed by atoms with van der Waals surface area (Å²) in [5, 5.41) is 3.07. The van der Waals surface area contributed by atoms with Gasteiger partial charge in [-0.1, -0.05) is 40.9 Å². The fraction of sp³-hybridized carbons (Fsp3) is 0.0455. The van der Waals surface area contributed by atoms with Gasteiger partial charge < -0.3 is 4.42 Å². The molecule has 3 aromatic rings. The monoisotopic (exact) mass is 440 g/mol. The lowest BCUT2D eigenvalue weighted by Gasteiger charge is -2.26. The number of aryl methyl sites for hydroxylation is 1. The highest BCUT2D eigenvalue weighted by molar-refractivity contribution is 6.39. The van der Waals surface area contributed by atoms with E-state index in [2.05, 4.69) is 5.32 Å². The van der Waals surface area contributed by atoms with Crippen LogP contribution in [0, 0.1) is 6.92 Å². The molecule has 1 aliphatic heterocycles. The first-order valence-corrected chi connectivity index (χ1v) is 9.62. The second kappa shape index (κ2) is 7.82. The molecule has 1 aromatic heterocycles. The van der Waals surface area contributed by atoms with E-state index >= 15 is 0 Å². The molecule has 150 valence electrons. The van der Waals surface area contributed by atoms with Crippen LogP contribution in [0.5, 0.6) is 0 Å². The van der Waals surface area contributed by atoms with Crippen molar-refractivity contribution in [3.05, 3.63) is 81.5 Å². The fourth-order valence-corrected chi connectivity index (χ4v) is 3.49. The minimum absolute atomic E-state index is 0.224. The van der Waals surface area contributed by atoms with Crippen LogP contribution in [-0.4, -0.2) is 17.8 Å². The van der Waals surface area contributed by atoms with Gasteiger partial charge in [0.1, 0.15) is 17.1 Å². The van der Waals surface area contributed by atoms with Crippen molar-refractivity contribution < 1.29 is 18.8 Å². The van der Waals surface area contributed by atoms with E-state index in [1.165, 1.54) is 6.08 Å². The number of carbonyl (C=O) groups is 3. The summed E-state index contributed by atoms with van der Waals surface area (Å²) >= 11 is 12.1. The molecule has 0 unspecified atom stereocenters. The Balaban J connectivity index is 1.68. The molecule has 0 saturated carbocycles. The van der Waals surface area contributed by atoms with E-state index in [0.717, 1.165) is 10.5 Å². The SMILES string of the molecule is Cc1ccc(N2C(=O)NC(=O)/C(=C\c3ccc(-c4ccc(Cl)cc4Cl)o3)C2=O)cc1. The molecule has 2 heterocycles. The van der Waals surface area contributed by atoms with Gasteiger partial charge in [0.15, 0.2) is 0 Å². The third kappa shape index (κ3) is 3.75. The molecule has 0 aliphatic carbocycles. The Morgan fingerprint density at radius 1 is 0.967 bits per heavy atom. The number of amides is 4. The summed E-state index contributed by atoms with van der Waals surface area (Å²) < 4.78 is 5.73. The Hall–Kier alpha value is -3.35. The van der Waals surface area contributed by atoms with Crippen LogP contribution in [-0.2, 0) is 9.59 Å². The van der Waals surface area contributed by atoms with Gasteiger partial charge in [0.2, 0.25) is 0 Å². The lowest BCUT2D eigenvalue weighted by molar-refractivity contribution is -0.122. The second-order valence-electron chi connectivity index (χ2n) is 6.62. The summed E-state index contributed by atoms with van der Waals surface area (Å²) in [6.07, 6.45) is 1.29. The summed E-state index contributed by atoms with van der Waals surface area (Å²) in [4.78, 5) is 38.4. The van der Waals surface area contributed by atoms with Crippen LogP contribution >= 0.6 is 23.2 Å². The molecular formula is C22H14Cl2N2O4. The average Bonchev–Trinajstić information content (AvgIpc) is 3.15. The lowest BCUT2D eigenvalue weighted by atomic mass is 10.1. The molecule has 1 N–H and O–H groups in total. The Kier molecular flexibility index (Phi) is 5.20. The van der Waals surface area contributed by atoms with E-state index in [0.29, 0.717) is 27.1 Å². The first-order valence-electron chi connectivity index (χ1n) is 8.87. The molecule has 2 aromatic carbocycles. The molecule has 0 atom stereocenters. The number of hydrogen-bond acceptors (Lipinski definition) is 4. The Bertz CT molecular complexity index is 1210. The van der Waals surface area contributed by atoms with E-state index in [1.807, 2.05) is 6.92 Å². The van der Waals surface area contributed by atoms with Crippen molar-refractivity contribution in [2.75, 3.05) is 4.90 Å². The summed E-state index contributed by atoms with van der Waals surface area (Å²) in [5.41, 5.74) is 1.72. The number of barbiturate groups is 1. The zero-order valence-electron chi connectivity index (χ0n) is 15.6. The summed E-state index contributed by atoms with van der Waals surface area (Å²) in [5.74, 6) is -0.836. The normalized spacial score (nSPS) is 15.6. The zero-order chi connectivity index (χ0) is 21.4. The summed E-state index contributed by atoms with van der Waals surface area (Å²) in [7, 11) is 0. The number of urea groups is 1. The van der Waals surface area contributed by atoms with Crippen LogP contribution < -0.4 is 10.2 Å². The topological polar surface area (TPSA) is 79.6 Å². The van der Waals surface area contributed by atoms with Crippen molar-refractivity contribution in [3.8, 4) is 11.3 Å². The Morgan fingerprint density at radius 2 is 1.70 bits per heavy atom. The molecule has 30 heavy (non-hydrogen) atoms. The van der Waals surface area contributed by atoms with Crippen LogP contribution in [0.2, 0.25) is 10.0 Å². The van der Waals surface area contributed by atoms with E-state index in [9.17, 15) is 14.4 Å². The van der Waals surface area contributed by atoms with Gasteiger partial charge in [-0.05, 0) is 55.5 Å². The van der Waals surface area contributed by atoms with Crippen molar-refractivity contribution in [3.63, 3.8) is 0 Å². The molecular weight excluding hydrogens is 427 g/mol. The molecule has 4 amide bonds. The van der Waals surface area contributed by atoms with Gasteiger partial charge in [0, 0.05) is 10.6 Å².